The van der Waals surface area contributed by atoms with E-state index in [0.29, 0.717) is 0 Å². The molecule has 3 aliphatic carbocycles. The molecule has 0 unspecified atom stereocenters. The van der Waals surface area contributed by atoms with E-state index in [4.69, 9.17) is 0 Å². The van der Waals surface area contributed by atoms with E-state index in [1.807, 2.05) is 0 Å². The van der Waals surface area contributed by atoms with Gasteiger partial charge in [0, 0.05) is 5.41 Å². The summed E-state index contributed by atoms with van der Waals surface area (Å²) in [5.74, 6) is 0. The van der Waals surface area contributed by atoms with Crippen molar-refractivity contribution in [3.63, 3.8) is 0 Å². The van der Waals surface area contributed by atoms with Crippen molar-refractivity contribution in [3.05, 3.63) is 94.0 Å². The van der Waals surface area contributed by atoms with Crippen molar-refractivity contribution in [1.82, 2.24) is 0 Å². The van der Waals surface area contributed by atoms with Crippen LogP contribution in [-0.2, 0) is 31.1 Å². The largest absolute Gasteiger partial charge is 0.0619 e. The molecule has 0 fully saturated rings. The number of hydrogen-bond acceptors (Lipinski definition) is 0. The fourth-order valence-electron chi connectivity index (χ4n) is 6.40. The van der Waals surface area contributed by atoms with E-state index in [9.17, 15) is 0 Å². The topological polar surface area (TPSA) is 0 Å². The highest BCUT2D eigenvalue weighted by Crippen LogP contribution is 2.50. The predicted octanol–water partition coefficient (Wildman–Crippen LogP) is 7.01. The van der Waals surface area contributed by atoms with Crippen LogP contribution in [-0.4, -0.2) is 0 Å². The Kier molecular flexibility index (Phi) is 2.86. The maximum absolute atomic E-state index is 2.53. The van der Waals surface area contributed by atoms with Crippen LogP contribution in [0.1, 0.15) is 47.2 Å². The van der Waals surface area contributed by atoms with Gasteiger partial charge in [0.15, 0.2) is 0 Å². The average Bonchev–Trinajstić information content (AvgIpc) is 3.41. The molecular weight excluding hydrogens is 348 g/mol. The summed E-state index contributed by atoms with van der Waals surface area (Å²) >= 11 is 0. The van der Waals surface area contributed by atoms with Crippen LogP contribution in [0.4, 0.5) is 0 Å². The number of aryl methyl sites for hydroxylation is 4. The lowest BCUT2D eigenvalue weighted by Crippen LogP contribution is -2.14. The average molecular weight is 373 g/mol. The van der Waals surface area contributed by atoms with Crippen molar-refractivity contribution in [1.29, 1.82) is 0 Å². The second-order valence-corrected chi connectivity index (χ2v) is 9.63. The monoisotopic (exact) mass is 372 g/mol. The highest BCUT2D eigenvalue weighted by Gasteiger charge is 2.35. The Bertz CT molecular complexity index is 1370. The van der Waals surface area contributed by atoms with Gasteiger partial charge in [-0.15, -0.1) is 0 Å². The van der Waals surface area contributed by atoms with Crippen molar-refractivity contribution < 1.29 is 0 Å². The van der Waals surface area contributed by atoms with Crippen molar-refractivity contribution in [2.24, 2.45) is 0 Å². The predicted molar refractivity (Wildman–Crippen MR) is 122 cm³/mol. The molecule has 4 aromatic rings. The molecular formula is C29H24. The fourth-order valence-corrected chi connectivity index (χ4v) is 6.40. The minimum atomic E-state index is 0.0637. The molecule has 0 heterocycles. The van der Waals surface area contributed by atoms with Crippen molar-refractivity contribution >= 4 is 10.8 Å². The van der Waals surface area contributed by atoms with Crippen LogP contribution < -0.4 is 0 Å². The third kappa shape index (κ3) is 1.90. The van der Waals surface area contributed by atoms with Crippen molar-refractivity contribution in [2.75, 3.05) is 0 Å². The summed E-state index contributed by atoms with van der Waals surface area (Å²) in [5, 5.41) is 3.18. The summed E-state index contributed by atoms with van der Waals surface area (Å²) in [6.45, 7) is 4.76. The summed E-state index contributed by atoms with van der Waals surface area (Å²) in [7, 11) is 0. The van der Waals surface area contributed by atoms with E-state index in [-0.39, 0.29) is 5.41 Å². The highest BCUT2D eigenvalue weighted by molar-refractivity contribution is 6.01. The minimum Gasteiger partial charge on any atom is -0.0619 e. The molecule has 7 rings (SSSR count). The normalized spacial score (nSPS) is 17.0. The maximum atomic E-state index is 2.53. The summed E-state index contributed by atoms with van der Waals surface area (Å²) in [5.41, 5.74) is 15.0. The van der Waals surface area contributed by atoms with Crippen LogP contribution in [0.25, 0.3) is 33.0 Å². The Hall–Kier alpha value is -2.86. The lowest BCUT2D eigenvalue weighted by molar-refractivity contribution is 0.660. The number of fused-ring (bicyclic) bond motifs is 3. The Morgan fingerprint density at radius 2 is 1.31 bits per heavy atom. The smallest absolute Gasteiger partial charge is 0.0159 e. The molecule has 0 radical (unpaired) electrons. The molecule has 0 aromatic heterocycles. The molecule has 29 heavy (non-hydrogen) atoms. The Labute approximate surface area is 172 Å². The zero-order valence-corrected chi connectivity index (χ0v) is 17.1. The Balaban J connectivity index is 1.50. The SMILES string of the molecule is CC1(C)c2ccccc2-c2ccc(-c3cc4c5c(ccc6c5c3CC6)CC4)cc21. The number of rotatable bonds is 1. The molecule has 0 spiro atoms. The molecule has 0 saturated carbocycles. The molecule has 140 valence electrons. The van der Waals surface area contributed by atoms with E-state index >= 15 is 0 Å². The zero-order chi connectivity index (χ0) is 19.3. The first-order chi connectivity index (χ1) is 14.1. The molecule has 0 N–H and O–H groups in total. The molecule has 0 saturated heterocycles. The maximum Gasteiger partial charge on any atom is 0.0159 e. The van der Waals surface area contributed by atoms with Crippen LogP contribution in [0.2, 0.25) is 0 Å². The molecule has 0 heteroatoms. The lowest BCUT2D eigenvalue weighted by Gasteiger charge is -2.22. The van der Waals surface area contributed by atoms with Crippen molar-refractivity contribution in [2.45, 2.75) is 44.9 Å². The Morgan fingerprint density at radius 3 is 2.21 bits per heavy atom. The van der Waals surface area contributed by atoms with Crippen molar-refractivity contribution in [3.8, 4) is 22.3 Å². The fraction of sp³-hybridized carbons (Fsp3) is 0.241. The molecule has 0 amide bonds. The van der Waals surface area contributed by atoms with Crippen LogP contribution in [0.5, 0.6) is 0 Å². The number of benzene rings is 4. The summed E-state index contributed by atoms with van der Waals surface area (Å²) in [6.07, 6.45) is 4.79. The van der Waals surface area contributed by atoms with E-state index in [1.54, 1.807) is 33.0 Å². The second kappa shape index (κ2) is 5.19. The third-order valence-corrected chi connectivity index (χ3v) is 7.85. The first-order valence-electron chi connectivity index (χ1n) is 11.0. The third-order valence-electron chi connectivity index (χ3n) is 7.85. The molecule has 4 aromatic carbocycles. The van der Waals surface area contributed by atoms with Gasteiger partial charge in [0.2, 0.25) is 0 Å². The van der Waals surface area contributed by atoms with Crippen LogP contribution >= 0.6 is 0 Å². The van der Waals surface area contributed by atoms with Gasteiger partial charge in [-0.05, 0) is 98.2 Å². The standard InChI is InChI=1S/C29H24/c1-29(2)25-6-4-3-5-21(25)22-13-12-19(16-26(22)29)24-15-20-10-9-17-7-8-18-11-14-23(24)28(18)27(17)20/h3-8,12-13,15-16H,9-11,14H2,1-2H3. The Morgan fingerprint density at radius 1 is 0.586 bits per heavy atom. The molecule has 0 bridgehead atoms. The molecule has 0 atom stereocenters. The first-order valence-corrected chi connectivity index (χ1v) is 11.0. The van der Waals surface area contributed by atoms with Gasteiger partial charge in [0.05, 0.1) is 0 Å². The van der Waals surface area contributed by atoms with E-state index < -0.39 is 0 Å². The van der Waals surface area contributed by atoms with Crippen LogP contribution in [0.3, 0.4) is 0 Å². The highest BCUT2D eigenvalue weighted by atomic mass is 14.4. The van der Waals surface area contributed by atoms with Crippen LogP contribution in [0.15, 0.2) is 60.7 Å². The number of hydrogen-bond donors (Lipinski definition) is 0. The summed E-state index contributed by atoms with van der Waals surface area (Å²) < 4.78 is 0. The van der Waals surface area contributed by atoms with Gasteiger partial charge in [-0.2, -0.15) is 0 Å². The van der Waals surface area contributed by atoms with Gasteiger partial charge in [-0.3, -0.25) is 0 Å². The molecule has 3 aliphatic rings. The quantitative estimate of drug-likeness (QED) is 0.337. The van der Waals surface area contributed by atoms with E-state index in [2.05, 4.69) is 74.5 Å². The van der Waals surface area contributed by atoms with Gasteiger partial charge >= 0.3 is 0 Å². The van der Waals surface area contributed by atoms with Gasteiger partial charge in [0.25, 0.3) is 0 Å². The van der Waals surface area contributed by atoms with Gasteiger partial charge in [-0.25, -0.2) is 0 Å². The molecule has 0 aliphatic heterocycles. The van der Waals surface area contributed by atoms with Crippen LogP contribution in [0, 0.1) is 0 Å². The van der Waals surface area contributed by atoms with E-state index in [0.717, 1.165) is 0 Å². The summed E-state index contributed by atoms with van der Waals surface area (Å²) in [6, 6.07) is 23.5. The summed E-state index contributed by atoms with van der Waals surface area (Å²) in [4.78, 5) is 0. The first kappa shape index (κ1) is 16.0. The zero-order valence-electron chi connectivity index (χ0n) is 17.1. The van der Waals surface area contributed by atoms with Gasteiger partial charge in [0.1, 0.15) is 0 Å². The lowest BCUT2D eigenvalue weighted by atomic mass is 9.81. The van der Waals surface area contributed by atoms with E-state index in [1.165, 1.54) is 59.1 Å². The van der Waals surface area contributed by atoms with Gasteiger partial charge < -0.3 is 0 Å². The molecule has 0 nitrogen and oxygen atoms in total. The second-order valence-electron chi connectivity index (χ2n) is 9.63. The van der Waals surface area contributed by atoms with Gasteiger partial charge in [-0.1, -0.05) is 68.4 Å². The minimum absolute atomic E-state index is 0.0637.